The Balaban J connectivity index is 1.83. The van der Waals surface area contributed by atoms with E-state index in [-0.39, 0.29) is 5.41 Å². The number of likely N-dealkylation sites (tertiary alicyclic amines) is 1. The molecule has 0 N–H and O–H groups in total. The van der Waals surface area contributed by atoms with Gasteiger partial charge >= 0.3 is 0 Å². The summed E-state index contributed by atoms with van der Waals surface area (Å²) < 4.78 is 0. The van der Waals surface area contributed by atoms with Crippen LogP contribution in [0.5, 0.6) is 0 Å². The van der Waals surface area contributed by atoms with Crippen LogP contribution >= 0.6 is 0 Å². The van der Waals surface area contributed by atoms with E-state index in [0.717, 1.165) is 24.8 Å². The Morgan fingerprint density at radius 1 is 1.24 bits per heavy atom. The normalized spacial score (nSPS) is 29.0. The third kappa shape index (κ3) is 3.33. The quantitative estimate of drug-likeness (QED) is 0.696. The summed E-state index contributed by atoms with van der Waals surface area (Å²) >= 11 is 0. The van der Waals surface area contributed by atoms with Gasteiger partial charge in [-0.1, -0.05) is 26.0 Å². The molecule has 2 aliphatic rings. The molecule has 17 heavy (non-hydrogen) atoms. The topological polar surface area (TPSA) is 27.0 Å². The van der Waals surface area contributed by atoms with E-state index in [0.29, 0.717) is 6.42 Å². The van der Waals surface area contributed by atoms with Crippen molar-refractivity contribution in [3.05, 3.63) is 12.2 Å². The minimum atomic E-state index is 0.288. The Bertz CT molecular complexity index is 308. The highest BCUT2D eigenvalue weighted by atomic mass is 15.2. The van der Waals surface area contributed by atoms with Gasteiger partial charge < -0.3 is 4.90 Å². The van der Waals surface area contributed by atoms with Crippen LogP contribution in [0, 0.1) is 28.6 Å². The molecule has 1 heterocycles. The fourth-order valence-corrected chi connectivity index (χ4v) is 3.32. The summed E-state index contributed by atoms with van der Waals surface area (Å²) in [5.41, 5.74) is 0.288. The van der Waals surface area contributed by atoms with Crippen LogP contribution in [0.3, 0.4) is 0 Å². The maximum atomic E-state index is 8.69. The van der Waals surface area contributed by atoms with Crippen LogP contribution < -0.4 is 0 Å². The van der Waals surface area contributed by atoms with Crippen LogP contribution in [-0.2, 0) is 0 Å². The number of nitrogens with zero attached hydrogens (tertiary/aromatic N) is 2. The van der Waals surface area contributed by atoms with Crippen LogP contribution in [-0.4, -0.2) is 24.5 Å². The monoisotopic (exact) mass is 232 g/mol. The number of nitriles is 1. The van der Waals surface area contributed by atoms with Crippen molar-refractivity contribution < 1.29 is 0 Å². The average Bonchev–Trinajstić information content (AvgIpc) is 2.67. The molecule has 1 aliphatic heterocycles. The van der Waals surface area contributed by atoms with Crippen LogP contribution in [0.2, 0.25) is 0 Å². The van der Waals surface area contributed by atoms with Gasteiger partial charge in [0, 0.05) is 26.1 Å². The molecule has 0 aromatic rings. The van der Waals surface area contributed by atoms with Crippen molar-refractivity contribution in [1.29, 1.82) is 5.26 Å². The highest BCUT2D eigenvalue weighted by Gasteiger charge is 2.34. The van der Waals surface area contributed by atoms with Gasteiger partial charge in [0.05, 0.1) is 6.07 Å². The molecule has 1 fully saturated rings. The minimum absolute atomic E-state index is 0.288. The van der Waals surface area contributed by atoms with Gasteiger partial charge in [0.15, 0.2) is 0 Å². The molecule has 2 atom stereocenters. The third-order valence-corrected chi connectivity index (χ3v) is 4.26. The van der Waals surface area contributed by atoms with Crippen LogP contribution in [0.4, 0.5) is 0 Å². The number of fused-ring (bicyclic) bond motifs is 1. The van der Waals surface area contributed by atoms with Crippen molar-refractivity contribution in [3.63, 3.8) is 0 Å². The zero-order valence-electron chi connectivity index (χ0n) is 11.2. The average molecular weight is 232 g/mol. The summed E-state index contributed by atoms with van der Waals surface area (Å²) in [6, 6.07) is 2.27. The maximum absolute atomic E-state index is 8.69. The van der Waals surface area contributed by atoms with E-state index in [1.54, 1.807) is 0 Å². The molecule has 0 amide bonds. The minimum Gasteiger partial charge on any atom is -0.302 e. The Morgan fingerprint density at radius 2 is 1.82 bits per heavy atom. The molecule has 0 aromatic carbocycles. The summed E-state index contributed by atoms with van der Waals surface area (Å²) in [5, 5.41) is 8.69. The van der Waals surface area contributed by atoms with Gasteiger partial charge in [-0.25, -0.2) is 0 Å². The van der Waals surface area contributed by atoms with Gasteiger partial charge in [-0.15, -0.1) is 0 Å². The molecular weight excluding hydrogens is 208 g/mol. The smallest absolute Gasteiger partial charge is 0.0621 e. The van der Waals surface area contributed by atoms with Crippen molar-refractivity contribution in [2.45, 2.75) is 39.5 Å². The molecule has 1 aliphatic carbocycles. The van der Waals surface area contributed by atoms with Crippen molar-refractivity contribution in [1.82, 2.24) is 4.90 Å². The predicted molar refractivity (Wildman–Crippen MR) is 70.4 cm³/mol. The van der Waals surface area contributed by atoms with Gasteiger partial charge in [-0.2, -0.15) is 5.26 Å². The van der Waals surface area contributed by atoms with E-state index >= 15 is 0 Å². The van der Waals surface area contributed by atoms with Gasteiger partial charge in [-0.05, 0) is 36.5 Å². The summed E-state index contributed by atoms with van der Waals surface area (Å²) in [4.78, 5) is 2.62. The lowest BCUT2D eigenvalue weighted by molar-refractivity contribution is 0.192. The molecule has 2 nitrogen and oxygen atoms in total. The Morgan fingerprint density at radius 3 is 2.35 bits per heavy atom. The number of rotatable bonds is 4. The number of hydrogen-bond donors (Lipinski definition) is 0. The first-order valence-electron chi connectivity index (χ1n) is 6.85. The fourth-order valence-electron chi connectivity index (χ4n) is 3.32. The predicted octanol–water partition coefficient (Wildman–Crippen LogP) is 3.21. The molecule has 2 rings (SSSR count). The summed E-state index contributed by atoms with van der Waals surface area (Å²) in [5.74, 6) is 1.79. The van der Waals surface area contributed by atoms with E-state index in [1.807, 2.05) is 0 Å². The van der Waals surface area contributed by atoms with Crippen molar-refractivity contribution >= 4 is 0 Å². The number of allylic oxidation sites excluding steroid dienone is 2. The molecule has 2 heteroatoms. The maximum Gasteiger partial charge on any atom is 0.0621 e. The van der Waals surface area contributed by atoms with Gasteiger partial charge in [0.25, 0.3) is 0 Å². The van der Waals surface area contributed by atoms with Crippen molar-refractivity contribution in [2.24, 2.45) is 17.3 Å². The summed E-state index contributed by atoms with van der Waals surface area (Å²) in [6.07, 6.45) is 8.97. The SMILES string of the molecule is CC(C)(CCC#N)CN1C[C@H]2CC=CC[C@@H]2C1. The molecule has 94 valence electrons. The zero-order valence-corrected chi connectivity index (χ0v) is 11.2. The van der Waals surface area contributed by atoms with E-state index < -0.39 is 0 Å². The van der Waals surface area contributed by atoms with Crippen LogP contribution in [0.1, 0.15) is 39.5 Å². The van der Waals surface area contributed by atoms with Crippen LogP contribution in [0.15, 0.2) is 12.2 Å². The lowest BCUT2D eigenvalue weighted by Gasteiger charge is -2.29. The lowest BCUT2D eigenvalue weighted by atomic mass is 9.86. The van der Waals surface area contributed by atoms with Gasteiger partial charge in [0.2, 0.25) is 0 Å². The molecule has 0 saturated carbocycles. The van der Waals surface area contributed by atoms with E-state index in [1.165, 1.54) is 25.9 Å². The summed E-state index contributed by atoms with van der Waals surface area (Å²) in [7, 11) is 0. The Kier molecular flexibility index (Phi) is 3.89. The van der Waals surface area contributed by atoms with E-state index in [4.69, 9.17) is 5.26 Å². The van der Waals surface area contributed by atoms with E-state index in [2.05, 4.69) is 37.0 Å². The van der Waals surface area contributed by atoms with Gasteiger partial charge in [-0.3, -0.25) is 0 Å². The van der Waals surface area contributed by atoms with Crippen molar-refractivity contribution in [3.8, 4) is 6.07 Å². The first-order valence-corrected chi connectivity index (χ1v) is 6.85. The largest absolute Gasteiger partial charge is 0.302 e. The van der Waals surface area contributed by atoms with Gasteiger partial charge in [0.1, 0.15) is 0 Å². The van der Waals surface area contributed by atoms with Crippen LogP contribution in [0.25, 0.3) is 0 Å². The highest BCUT2D eigenvalue weighted by molar-refractivity contribution is 5.00. The summed E-state index contributed by atoms with van der Waals surface area (Å²) in [6.45, 7) is 8.28. The molecule has 0 unspecified atom stereocenters. The van der Waals surface area contributed by atoms with Crippen molar-refractivity contribution in [2.75, 3.05) is 19.6 Å². The first kappa shape index (κ1) is 12.6. The highest BCUT2D eigenvalue weighted by Crippen LogP contribution is 2.35. The second-order valence-electron chi connectivity index (χ2n) is 6.48. The van der Waals surface area contributed by atoms with E-state index in [9.17, 15) is 0 Å². The number of hydrogen-bond acceptors (Lipinski definition) is 2. The lowest BCUT2D eigenvalue weighted by Crippen LogP contribution is -2.33. The Hall–Kier alpha value is -0.810. The molecular formula is C15H24N2. The third-order valence-electron chi connectivity index (χ3n) is 4.26. The second-order valence-corrected chi connectivity index (χ2v) is 6.48. The fraction of sp³-hybridized carbons (Fsp3) is 0.800. The standard InChI is InChI=1S/C15H24N2/c1-15(2,8-5-9-16)12-17-10-13-6-3-4-7-14(13)11-17/h3-4,13-14H,5-8,10-12H2,1-2H3/t13-,14-/m1/s1. The zero-order chi connectivity index (χ0) is 12.3. The Labute approximate surface area is 105 Å². The molecule has 0 spiro atoms. The molecule has 1 saturated heterocycles. The second kappa shape index (κ2) is 5.23. The molecule has 0 aromatic heterocycles. The molecule has 0 radical (unpaired) electrons. The molecule has 0 bridgehead atoms. The first-order chi connectivity index (χ1) is 8.11.